The van der Waals surface area contributed by atoms with E-state index in [1.165, 1.54) is 31.8 Å². The first-order valence-electron chi connectivity index (χ1n) is 6.43. The minimum absolute atomic E-state index is 0.0246. The topological polar surface area (TPSA) is 123 Å². The summed E-state index contributed by atoms with van der Waals surface area (Å²) in [5, 5.41) is 14.3. The quantitative estimate of drug-likeness (QED) is 0.477. The summed E-state index contributed by atoms with van der Waals surface area (Å²) in [4.78, 5) is 28.3. The second-order valence-corrected chi connectivity index (χ2v) is 4.21. The number of nitrogens with one attached hydrogen (secondary N) is 2. The number of benzene rings is 1. The molecule has 9 heteroatoms. The van der Waals surface area contributed by atoms with Gasteiger partial charge >= 0.3 is 0 Å². The molecule has 1 aromatic carbocycles. The van der Waals surface area contributed by atoms with Crippen molar-refractivity contribution in [3.05, 3.63) is 58.0 Å². The van der Waals surface area contributed by atoms with Crippen molar-refractivity contribution in [2.24, 2.45) is 5.10 Å². The first-order chi connectivity index (χ1) is 11.1. The first-order valence-corrected chi connectivity index (χ1v) is 6.43. The number of nitro groups is 1. The number of aromatic nitrogens is 2. The van der Waals surface area contributed by atoms with Gasteiger partial charge in [-0.25, -0.2) is 10.4 Å². The molecule has 118 valence electrons. The molecule has 23 heavy (non-hydrogen) atoms. The molecule has 0 fully saturated rings. The fourth-order valence-corrected chi connectivity index (χ4v) is 1.66. The summed E-state index contributed by atoms with van der Waals surface area (Å²) in [5.74, 6) is -0.307. The second kappa shape index (κ2) is 7.50. The van der Waals surface area contributed by atoms with Crippen molar-refractivity contribution in [3.63, 3.8) is 0 Å². The molecule has 1 heterocycles. The van der Waals surface area contributed by atoms with Crippen molar-refractivity contribution < 1.29 is 14.5 Å². The largest absolute Gasteiger partial charge is 0.479 e. The molecular formula is C14H13N5O4. The molecule has 1 aromatic heterocycles. The van der Waals surface area contributed by atoms with Gasteiger partial charge in [-0.3, -0.25) is 14.9 Å². The number of carbonyl (C=O) groups is 1. The average molecular weight is 315 g/mol. The van der Waals surface area contributed by atoms with Gasteiger partial charge in [-0.2, -0.15) is 5.10 Å². The average Bonchev–Trinajstić information content (AvgIpc) is 3.03. The smallest absolute Gasteiger partial charge is 0.293 e. The summed E-state index contributed by atoms with van der Waals surface area (Å²) in [7, 11) is 1.41. The van der Waals surface area contributed by atoms with Gasteiger partial charge in [0.15, 0.2) is 5.69 Å². The number of allylic oxidation sites excluding steroid dienone is 1. The lowest BCUT2D eigenvalue weighted by molar-refractivity contribution is -0.384. The number of imidazole rings is 1. The van der Waals surface area contributed by atoms with Gasteiger partial charge in [0.1, 0.15) is 0 Å². The molecule has 2 aromatic rings. The van der Waals surface area contributed by atoms with Crippen molar-refractivity contribution in [2.45, 2.75) is 0 Å². The van der Waals surface area contributed by atoms with Crippen LogP contribution < -0.4 is 10.2 Å². The lowest BCUT2D eigenvalue weighted by atomic mass is 10.2. The highest BCUT2D eigenvalue weighted by molar-refractivity contribution is 5.95. The third kappa shape index (κ3) is 4.24. The summed E-state index contributed by atoms with van der Waals surface area (Å²) in [6, 6.07) is 6.03. The Labute approximate surface area is 130 Å². The molecule has 0 radical (unpaired) electrons. The van der Waals surface area contributed by atoms with Crippen LogP contribution in [0.5, 0.6) is 5.88 Å². The third-order valence-corrected chi connectivity index (χ3v) is 2.74. The maximum absolute atomic E-state index is 11.8. The normalized spacial score (nSPS) is 11.0. The van der Waals surface area contributed by atoms with Crippen LogP contribution >= 0.6 is 0 Å². The van der Waals surface area contributed by atoms with Gasteiger partial charge in [-0.15, -0.1) is 0 Å². The zero-order valence-corrected chi connectivity index (χ0v) is 12.1. The van der Waals surface area contributed by atoms with E-state index in [2.05, 4.69) is 20.5 Å². The van der Waals surface area contributed by atoms with Crippen LogP contribution in [0.3, 0.4) is 0 Å². The molecule has 2 rings (SSSR count). The minimum atomic E-state index is -0.487. The molecule has 1 amide bonds. The van der Waals surface area contributed by atoms with Crippen molar-refractivity contribution >= 4 is 23.9 Å². The van der Waals surface area contributed by atoms with E-state index < -0.39 is 10.8 Å². The van der Waals surface area contributed by atoms with Crippen LogP contribution in [0.2, 0.25) is 0 Å². The fraction of sp³-hybridized carbons (Fsp3) is 0.0714. The SMILES string of the molecule is COc1nc[nH]c1C(=O)N/N=C/C=C/c1ccc([N+](=O)[O-])cc1. The number of nitrogens with zero attached hydrogens (tertiary/aromatic N) is 3. The van der Waals surface area contributed by atoms with Gasteiger partial charge < -0.3 is 9.72 Å². The molecule has 2 N–H and O–H groups in total. The van der Waals surface area contributed by atoms with Gasteiger partial charge in [0.25, 0.3) is 11.6 Å². The van der Waals surface area contributed by atoms with Crippen LogP contribution in [-0.4, -0.2) is 34.1 Å². The predicted molar refractivity (Wildman–Crippen MR) is 83.2 cm³/mol. The molecule has 0 saturated heterocycles. The first kappa shape index (κ1) is 15.9. The standard InChI is InChI=1S/C14H13N5O4/c1-23-14-12(15-9-16-14)13(20)18-17-8-2-3-10-4-6-11(7-5-10)19(21)22/h2-9H,1H3,(H,15,16)(H,18,20)/b3-2+,17-8+. The number of ether oxygens (including phenoxy) is 1. The van der Waals surface area contributed by atoms with Crippen LogP contribution in [0.15, 0.2) is 41.8 Å². The number of hydrazone groups is 1. The highest BCUT2D eigenvalue weighted by Gasteiger charge is 2.13. The predicted octanol–water partition coefficient (Wildman–Crippen LogP) is 1.76. The maximum Gasteiger partial charge on any atom is 0.293 e. The number of non-ortho nitro benzene ring substituents is 1. The molecule has 9 nitrogen and oxygen atoms in total. The van der Waals surface area contributed by atoms with Gasteiger partial charge in [-0.1, -0.05) is 6.08 Å². The zero-order chi connectivity index (χ0) is 16.7. The summed E-state index contributed by atoms with van der Waals surface area (Å²) in [6.45, 7) is 0. The lowest BCUT2D eigenvalue weighted by Crippen LogP contribution is -2.18. The molecule has 0 spiro atoms. The van der Waals surface area contributed by atoms with E-state index in [4.69, 9.17) is 4.74 Å². The number of carbonyl (C=O) groups excluding carboxylic acids is 1. The van der Waals surface area contributed by atoms with E-state index in [-0.39, 0.29) is 17.3 Å². The van der Waals surface area contributed by atoms with Crippen molar-refractivity contribution in [1.29, 1.82) is 0 Å². The third-order valence-electron chi connectivity index (χ3n) is 2.74. The Kier molecular flexibility index (Phi) is 5.18. The van der Waals surface area contributed by atoms with E-state index in [1.807, 2.05) is 0 Å². The van der Waals surface area contributed by atoms with Gasteiger partial charge in [0, 0.05) is 18.3 Å². The Morgan fingerprint density at radius 1 is 1.43 bits per heavy atom. The molecular weight excluding hydrogens is 302 g/mol. The zero-order valence-electron chi connectivity index (χ0n) is 12.1. The van der Waals surface area contributed by atoms with E-state index in [0.717, 1.165) is 5.56 Å². The van der Waals surface area contributed by atoms with E-state index in [0.29, 0.717) is 0 Å². The Morgan fingerprint density at radius 3 is 2.83 bits per heavy atom. The molecule has 0 saturated carbocycles. The molecule has 0 aliphatic rings. The van der Waals surface area contributed by atoms with Crippen molar-refractivity contribution in [2.75, 3.05) is 7.11 Å². The fourth-order valence-electron chi connectivity index (χ4n) is 1.66. The lowest BCUT2D eigenvalue weighted by Gasteiger charge is -1.98. The summed E-state index contributed by atoms with van der Waals surface area (Å²) in [5.41, 5.74) is 3.27. The van der Waals surface area contributed by atoms with Gasteiger partial charge in [0.05, 0.1) is 18.4 Å². The number of nitro benzene ring substituents is 1. The Hall–Kier alpha value is -3.49. The molecule has 0 unspecified atom stereocenters. The van der Waals surface area contributed by atoms with Crippen LogP contribution in [0.4, 0.5) is 5.69 Å². The van der Waals surface area contributed by atoms with Gasteiger partial charge in [0.2, 0.25) is 5.88 Å². The number of methoxy groups -OCH3 is 1. The number of amides is 1. The summed E-state index contributed by atoms with van der Waals surface area (Å²) >= 11 is 0. The number of aromatic amines is 1. The number of hydrogen-bond donors (Lipinski definition) is 2. The highest BCUT2D eigenvalue weighted by atomic mass is 16.6. The van der Waals surface area contributed by atoms with Crippen molar-refractivity contribution in [1.82, 2.24) is 15.4 Å². The Bertz CT molecular complexity index is 749. The van der Waals surface area contributed by atoms with E-state index in [1.54, 1.807) is 24.3 Å². The second-order valence-electron chi connectivity index (χ2n) is 4.21. The Balaban J connectivity index is 1.89. The van der Waals surface area contributed by atoms with Crippen LogP contribution in [-0.2, 0) is 0 Å². The monoisotopic (exact) mass is 315 g/mol. The van der Waals surface area contributed by atoms with Crippen LogP contribution in [0.25, 0.3) is 6.08 Å². The number of hydrogen-bond acceptors (Lipinski definition) is 6. The molecule has 0 bridgehead atoms. The van der Waals surface area contributed by atoms with Crippen LogP contribution in [0, 0.1) is 10.1 Å². The summed E-state index contributed by atoms with van der Waals surface area (Å²) < 4.78 is 4.90. The van der Waals surface area contributed by atoms with Crippen molar-refractivity contribution in [3.8, 4) is 5.88 Å². The van der Waals surface area contributed by atoms with E-state index >= 15 is 0 Å². The highest BCUT2D eigenvalue weighted by Crippen LogP contribution is 2.12. The molecule has 0 aliphatic carbocycles. The maximum atomic E-state index is 11.8. The van der Waals surface area contributed by atoms with Crippen LogP contribution in [0.1, 0.15) is 16.1 Å². The van der Waals surface area contributed by atoms with Gasteiger partial charge in [-0.05, 0) is 23.8 Å². The van der Waals surface area contributed by atoms with E-state index in [9.17, 15) is 14.9 Å². The Morgan fingerprint density at radius 2 is 2.17 bits per heavy atom. The number of H-pyrrole nitrogens is 1. The number of rotatable bonds is 6. The minimum Gasteiger partial charge on any atom is -0.479 e. The molecule has 0 atom stereocenters. The summed E-state index contributed by atoms with van der Waals surface area (Å²) in [6.07, 6.45) is 6.00. The molecule has 0 aliphatic heterocycles.